The van der Waals surface area contributed by atoms with E-state index in [0.29, 0.717) is 13.0 Å². The van der Waals surface area contributed by atoms with Crippen LogP contribution >= 0.6 is 0 Å². The van der Waals surface area contributed by atoms with Crippen LogP contribution < -0.4 is 10.1 Å². The number of benzene rings is 2. The van der Waals surface area contributed by atoms with E-state index < -0.39 is 0 Å². The summed E-state index contributed by atoms with van der Waals surface area (Å²) in [6, 6.07) is 17.8. The van der Waals surface area contributed by atoms with Crippen LogP contribution in [0.2, 0.25) is 0 Å². The third kappa shape index (κ3) is 6.55. The maximum atomic E-state index is 12.0. The highest BCUT2D eigenvalue weighted by Crippen LogP contribution is 2.21. The maximum Gasteiger partial charge on any atom is 0.224 e. The molecule has 23 heavy (non-hydrogen) atoms. The molecule has 3 nitrogen and oxygen atoms in total. The van der Waals surface area contributed by atoms with Gasteiger partial charge in [0.25, 0.3) is 0 Å². The average molecular weight is 311 g/mol. The Morgan fingerprint density at radius 3 is 2.48 bits per heavy atom. The number of hydrogen-bond donors (Lipinski definition) is 1. The van der Waals surface area contributed by atoms with Gasteiger partial charge in [-0.2, -0.15) is 0 Å². The van der Waals surface area contributed by atoms with E-state index in [9.17, 15) is 4.79 Å². The fourth-order valence-electron chi connectivity index (χ4n) is 2.28. The molecule has 1 amide bonds. The first-order valence-electron chi connectivity index (χ1n) is 7.99. The molecule has 2 aromatic carbocycles. The predicted octanol–water partition coefficient (Wildman–Crippen LogP) is 4.68. The van der Waals surface area contributed by atoms with E-state index in [-0.39, 0.29) is 11.3 Å². The molecule has 0 unspecified atom stereocenters. The molecule has 1 N–H and O–H groups in total. The molecule has 0 saturated carbocycles. The molecular weight excluding hydrogens is 286 g/mol. The molecule has 0 saturated heterocycles. The van der Waals surface area contributed by atoms with Crippen LogP contribution in [-0.2, 0) is 11.2 Å². The summed E-state index contributed by atoms with van der Waals surface area (Å²) in [7, 11) is 0. The van der Waals surface area contributed by atoms with Crippen LogP contribution in [0, 0.1) is 5.41 Å². The van der Waals surface area contributed by atoms with Gasteiger partial charge in [-0.05, 0) is 23.1 Å². The van der Waals surface area contributed by atoms with Gasteiger partial charge in [0, 0.05) is 24.6 Å². The van der Waals surface area contributed by atoms with Crippen LogP contribution in [0.5, 0.6) is 5.75 Å². The Morgan fingerprint density at radius 2 is 1.78 bits per heavy atom. The maximum absolute atomic E-state index is 12.0. The third-order valence-electron chi connectivity index (χ3n) is 3.31. The van der Waals surface area contributed by atoms with Crippen LogP contribution in [0.25, 0.3) is 0 Å². The molecule has 0 aliphatic heterocycles. The van der Waals surface area contributed by atoms with Crippen molar-refractivity contribution in [2.75, 3.05) is 11.9 Å². The Kier molecular flexibility index (Phi) is 5.80. The van der Waals surface area contributed by atoms with Crippen LogP contribution in [-0.4, -0.2) is 12.5 Å². The highest BCUT2D eigenvalue weighted by atomic mass is 16.5. The monoisotopic (exact) mass is 311 g/mol. The standard InChI is InChI=1S/C20H25NO2/c1-20(2,3)15-19(22)21-17-10-7-11-18(14-17)23-13-12-16-8-5-4-6-9-16/h4-11,14H,12-13,15H2,1-3H3,(H,21,22). The van der Waals surface area contributed by atoms with E-state index in [2.05, 4.69) is 38.2 Å². The van der Waals surface area contributed by atoms with E-state index >= 15 is 0 Å². The Hall–Kier alpha value is -2.29. The van der Waals surface area contributed by atoms with Crippen molar-refractivity contribution in [2.45, 2.75) is 33.6 Å². The van der Waals surface area contributed by atoms with Crippen molar-refractivity contribution in [3.63, 3.8) is 0 Å². The number of nitrogens with one attached hydrogen (secondary N) is 1. The number of ether oxygens (including phenoxy) is 1. The second-order valence-electron chi connectivity index (χ2n) is 6.90. The fourth-order valence-corrected chi connectivity index (χ4v) is 2.28. The number of rotatable bonds is 6. The summed E-state index contributed by atoms with van der Waals surface area (Å²) in [5, 5.41) is 2.93. The molecule has 2 aromatic rings. The van der Waals surface area contributed by atoms with Gasteiger partial charge >= 0.3 is 0 Å². The SMILES string of the molecule is CC(C)(C)CC(=O)Nc1cccc(OCCc2ccccc2)c1. The van der Waals surface area contributed by atoms with E-state index in [4.69, 9.17) is 4.74 Å². The van der Waals surface area contributed by atoms with Crippen molar-refractivity contribution >= 4 is 11.6 Å². The summed E-state index contributed by atoms with van der Waals surface area (Å²) in [6.07, 6.45) is 1.35. The molecule has 0 fully saturated rings. The lowest BCUT2D eigenvalue weighted by atomic mass is 9.92. The van der Waals surface area contributed by atoms with E-state index in [1.165, 1.54) is 5.56 Å². The zero-order valence-corrected chi connectivity index (χ0v) is 14.1. The summed E-state index contributed by atoms with van der Waals surface area (Å²) in [6.45, 7) is 6.77. The Morgan fingerprint density at radius 1 is 1.04 bits per heavy atom. The molecule has 3 heteroatoms. The van der Waals surface area contributed by atoms with Crippen LogP contribution in [0.4, 0.5) is 5.69 Å². The van der Waals surface area contributed by atoms with Crippen molar-refractivity contribution < 1.29 is 9.53 Å². The average Bonchev–Trinajstić information content (AvgIpc) is 2.46. The molecule has 0 bridgehead atoms. The van der Waals surface area contributed by atoms with Crippen LogP contribution in [0.3, 0.4) is 0 Å². The highest BCUT2D eigenvalue weighted by molar-refractivity contribution is 5.91. The molecule has 0 spiro atoms. The second kappa shape index (κ2) is 7.82. The number of carbonyl (C=O) groups is 1. The minimum absolute atomic E-state index is 0.0200. The molecule has 0 heterocycles. The normalized spacial score (nSPS) is 11.1. The first kappa shape index (κ1) is 17.1. The van der Waals surface area contributed by atoms with Gasteiger partial charge in [0.05, 0.1) is 6.61 Å². The molecular formula is C20H25NO2. The summed E-state index contributed by atoms with van der Waals surface area (Å²) < 4.78 is 5.78. The van der Waals surface area contributed by atoms with Gasteiger partial charge < -0.3 is 10.1 Å². The smallest absolute Gasteiger partial charge is 0.224 e. The highest BCUT2D eigenvalue weighted by Gasteiger charge is 2.15. The second-order valence-corrected chi connectivity index (χ2v) is 6.90. The van der Waals surface area contributed by atoms with Gasteiger partial charge in [-0.1, -0.05) is 57.2 Å². The quantitative estimate of drug-likeness (QED) is 0.841. The van der Waals surface area contributed by atoms with Crippen molar-refractivity contribution in [1.82, 2.24) is 0 Å². The summed E-state index contributed by atoms with van der Waals surface area (Å²) >= 11 is 0. The zero-order valence-electron chi connectivity index (χ0n) is 14.1. The minimum Gasteiger partial charge on any atom is -0.493 e. The molecule has 0 atom stereocenters. The zero-order chi connectivity index (χ0) is 16.7. The Labute approximate surface area is 138 Å². The lowest BCUT2D eigenvalue weighted by Gasteiger charge is -2.17. The lowest BCUT2D eigenvalue weighted by Crippen LogP contribution is -2.19. The van der Waals surface area contributed by atoms with Gasteiger partial charge in [0.1, 0.15) is 5.75 Å². The minimum atomic E-state index is -0.0200. The van der Waals surface area contributed by atoms with Gasteiger partial charge in [0.2, 0.25) is 5.91 Å². The van der Waals surface area contributed by atoms with Crippen LogP contribution in [0.15, 0.2) is 54.6 Å². The molecule has 0 aliphatic rings. The topological polar surface area (TPSA) is 38.3 Å². The molecule has 2 rings (SSSR count). The van der Waals surface area contributed by atoms with Crippen molar-refractivity contribution in [1.29, 1.82) is 0 Å². The lowest BCUT2D eigenvalue weighted by molar-refractivity contribution is -0.117. The molecule has 122 valence electrons. The molecule has 0 aromatic heterocycles. The Bertz CT molecular complexity index is 630. The van der Waals surface area contributed by atoms with Crippen molar-refractivity contribution in [3.8, 4) is 5.75 Å². The number of carbonyl (C=O) groups excluding carboxylic acids is 1. The fraction of sp³-hybridized carbons (Fsp3) is 0.350. The van der Waals surface area contributed by atoms with Crippen molar-refractivity contribution in [3.05, 3.63) is 60.2 Å². The summed E-state index contributed by atoms with van der Waals surface area (Å²) in [5.74, 6) is 0.799. The first-order chi connectivity index (χ1) is 10.9. The van der Waals surface area contributed by atoms with Gasteiger partial charge in [0.15, 0.2) is 0 Å². The van der Waals surface area contributed by atoms with Gasteiger partial charge in [-0.3, -0.25) is 4.79 Å². The van der Waals surface area contributed by atoms with E-state index in [0.717, 1.165) is 17.9 Å². The number of amides is 1. The number of hydrogen-bond acceptors (Lipinski definition) is 2. The largest absolute Gasteiger partial charge is 0.493 e. The van der Waals surface area contributed by atoms with Crippen LogP contribution in [0.1, 0.15) is 32.8 Å². The third-order valence-corrected chi connectivity index (χ3v) is 3.31. The summed E-state index contributed by atoms with van der Waals surface area (Å²) in [5.41, 5.74) is 2.01. The van der Waals surface area contributed by atoms with Gasteiger partial charge in [-0.15, -0.1) is 0 Å². The predicted molar refractivity (Wildman–Crippen MR) is 94.8 cm³/mol. The van der Waals surface area contributed by atoms with Crippen molar-refractivity contribution in [2.24, 2.45) is 5.41 Å². The van der Waals surface area contributed by atoms with E-state index in [1.54, 1.807) is 0 Å². The van der Waals surface area contributed by atoms with Gasteiger partial charge in [-0.25, -0.2) is 0 Å². The number of anilines is 1. The first-order valence-corrected chi connectivity index (χ1v) is 7.99. The molecule has 0 aliphatic carbocycles. The molecule has 0 radical (unpaired) electrons. The Balaban J connectivity index is 1.86. The summed E-state index contributed by atoms with van der Waals surface area (Å²) in [4.78, 5) is 12.0. The van der Waals surface area contributed by atoms with E-state index in [1.807, 2.05) is 42.5 Å².